The van der Waals surface area contributed by atoms with E-state index < -0.39 is 0 Å². The Bertz CT molecular complexity index is 743. The highest BCUT2D eigenvalue weighted by Gasteiger charge is 2.26. The number of nitrogens with zero attached hydrogens (tertiary/aromatic N) is 2. The molecule has 2 amide bonds. The lowest BCUT2D eigenvalue weighted by Crippen LogP contribution is -2.46. The number of aromatic nitrogens is 1. The third-order valence-electron chi connectivity index (χ3n) is 3.90. The van der Waals surface area contributed by atoms with Gasteiger partial charge in [-0.2, -0.15) is 0 Å². The second kappa shape index (κ2) is 7.36. The highest BCUT2D eigenvalue weighted by molar-refractivity contribution is 9.10. The lowest BCUT2D eigenvalue weighted by Gasteiger charge is -2.31. The van der Waals surface area contributed by atoms with E-state index in [0.717, 1.165) is 0 Å². The first kappa shape index (κ1) is 17.0. The second-order valence-corrected chi connectivity index (χ2v) is 6.78. The fourth-order valence-corrected chi connectivity index (χ4v) is 3.15. The number of halogens is 2. The predicted octanol–water partition coefficient (Wildman–Crippen LogP) is 3.13. The number of furan rings is 1. The third kappa shape index (κ3) is 3.79. The van der Waals surface area contributed by atoms with Crippen molar-refractivity contribution < 1.29 is 14.0 Å². The molecule has 3 rings (SSSR count). The van der Waals surface area contributed by atoms with Gasteiger partial charge in [-0.25, -0.2) is 4.98 Å². The van der Waals surface area contributed by atoms with Crippen LogP contribution in [0, 0.1) is 0 Å². The van der Waals surface area contributed by atoms with Crippen LogP contribution in [-0.4, -0.2) is 40.8 Å². The highest BCUT2D eigenvalue weighted by atomic mass is 79.9. The van der Waals surface area contributed by atoms with E-state index in [2.05, 4.69) is 26.2 Å². The largest absolute Gasteiger partial charge is 0.459 e. The molecule has 24 heavy (non-hydrogen) atoms. The Hall–Kier alpha value is -1.86. The standard InChI is InChI=1S/C16H15BrClN3O3/c17-10-8-12(14(18)19-9-10)15(22)20-11-3-5-21(6-4-11)16(23)13-2-1-7-24-13/h1-2,7-9,11H,3-6H2,(H,20,22). The molecule has 0 atom stereocenters. The van der Waals surface area contributed by atoms with Crippen LogP contribution in [0.3, 0.4) is 0 Å². The van der Waals surface area contributed by atoms with Crippen molar-refractivity contribution in [1.82, 2.24) is 15.2 Å². The number of nitrogens with one attached hydrogen (secondary N) is 1. The van der Waals surface area contributed by atoms with Crippen LogP contribution < -0.4 is 5.32 Å². The molecule has 0 spiro atoms. The van der Waals surface area contributed by atoms with Crippen LogP contribution in [0.2, 0.25) is 5.15 Å². The summed E-state index contributed by atoms with van der Waals surface area (Å²) in [5, 5.41) is 3.12. The Morgan fingerprint density at radius 2 is 2.12 bits per heavy atom. The number of carbonyl (C=O) groups excluding carboxylic acids is 2. The molecule has 3 heterocycles. The van der Waals surface area contributed by atoms with Crippen molar-refractivity contribution in [2.24, 2.45) is 0 Å². The minimum atomic E-state index is -0.260. The van der Waals surface area contributed by atoms with E-state index >= 15 is 0 Å². The van der Waals surface area contributed by atoms with E-state index in [-0.39, 0.29) is 23.0 Å². The van der Waals surface area contributed by atoms with Gasteiger partial charge in [-0.05, 0) is 47.0 Å². The molecule has 1 aliphatic rings. The molecular formula is C16H15BrClN3O3. The number of hydrogen-bond donors (Lipinski definition) is 1. The van der Waals surface area contributed by atoms with Crippen LogP contribution in [0.15, 0.2) is 39.5 Å². The quantitative estimate of drug-likeness (QED) is 0.786. The van der Waals surface area contributed by atoms with Crippen molar-refractivity contribution >= 4 is 39.3 Å². The van der Waals surface area contributed by atoms with Gasteiger partial charge in [0, 0.05) is 29.8 Å². The second-order valence-electron chi connectivity index (χ2n) is 5.51. The van der Waals surface area contributed by atoms with Gasteiger partial charge in [-0.15, -0.1) is 0 Å². The van der Waals surface area contributed by atoms with Crippen LogP contribution in [0.25, 0.3) is 0 Å². The Kier molecular flexibility index (Phi) is 5.20. The zero-order valence-corrected chi connectivity index (χ0v) is 15.0. The topological polar surface area (TPSA) is 75.4 Å². The summed E-state index contributed by atoms with van der Waals surface area (Å²) in [4.78, 5) is 30.2. The fraction of sp³-hybridized carbons (Fsp3) is 0.312. The lowest BCUT2D eigenvalue weighted by molar-refractivity contribution is 0.0667. The molecule has 1 N–H and O–H groups in total. The van der Waals surface area contributed by atoms with E-state index in [1.54, 1.807) is 23.1 Å². The molecule has 6 nitrogen and oxygen atoms in total. The SMILES string of the molecule is O=C(NC1CCN(C(=O)c2ccco2)CC1)c1cc(Br)cnc1Cl. The summed E-state index contributed by atoms with van der Waals surface area (Å²) >= 11 is 9.25. The zero-order chi connectivity index (χ0) is 17.1. The minimum absolute atomic E-state index is 0.00630. The Labute approximate surface area is 152 Å². The van der Waals surface area contributed by atoms with Crippen molar-refractivity contribution in [2.45, 2.75) is 18.9 Å². The molecule has 0 aliphatic carbocycles. The van der Waals surface area contributed by atoms with Crippen LogP contribution in [0.5, 0.6) is 0 Å². The van der Waals surface area contributed by atoms with Crippen molar-refractivity contribution in [3.8, 4) is 0 Å². The first-order chi connectivity index (χ1) is 11.5. The minimum Gasteiger partial charge on any atom is -0.459 e. The van der Waals surface area contributed by atoms with Crippen LogP contribution in [-0.2, 0) is 0 Å². The molecule has 0 bridgehead atoms. The predicted molar refractivity (Wildman–Crippen MR) is 92.0 cm³/mol. The van der Waals surface area contributed by atoms with Crippen molar-refractivity contribution in [1.29, 1.82) is 0 Å². The number of amides is 2. The Balaban J connectivity index is 1.56. The lowest BCUT2D eigenvalue weighted by atomic mass is 10.0. The number of rotatable bonds is 3. The molecule has 126 valence electrons. The fourth-order valence-electron chi connectivity index (χ4n) is 2.63. The van der Waals surface area contributed by atoms with E-state index in [1.165, 1.54) is 12.5 Å². The number of pyridine rings is 1. The highest BCUT2D eigenvalue weighted by Crippen LogP contribution is 2.19. The summed E-state index contributed by atoms with van der Waals surface area (Å²) < 4.78 is 5.83. The van der Waals surface area contributed by atoms with Gasteiger partial charge in [0.25, 0.3) is 11.8 Å². The molecule has 2 aromatic heterocycles. The number of piperidine rings is 1. The van der Waals surface area contributed by atoms with Gasteiger partial charge in [0.1, 0.15) is 5.15 Å². The molecule has 1 aliphatic heterocycles. The smallest absolute Gasteiger partial charge is 0.289 e. The van der Waals surface area contributed by atoms with Gasteiger partial charge in [0.15, 0.2) is 5.76 Å². The van der Waals surface area contributed by atoms with Gasteiger partial charge in [0.05, 0.1) is 11.8 Å². The first-order valence-corrected chi connectivity index (χ1v) is 8.66. The van der Waals surface area contributed by atoms with Gasteiger partial charge in [-0.3, -0.25) is 9.59 Å². The summed E-state index contributed by atoms with van der Waals surface area (Å²) in [5.41, 5.74) is 0.333. The Morgan fingerprint density at radius 3 is 2.79 bits per heavy atom. The van der Waals surface area contributed by atoms with Crippen molar-refractivity contribution in [3.05, 3.63) is 51.6 Å². The van der Waals surface area contributed by atoms with Crippen LogP contribution >= 0.6 is 27.5 Å². The maximum Gasteiger partial charge on any atom is 0.289 e. The molecule has 0 aromatic carbocycles. The molecule has 1 saturated heterocycles. The zero-order valence-electron chi connectivity index (χ0n) is 12.7. The van der Waals surface area contributed by atoms with E-state index in [1.807, 2.05) is 0 Å². The normalized spacial score (nSPS) is 15.3. The molecule has 0 unspecified atom stereocenters. The molecule has 8 heteroatoms. The maximum absolute atomic E-state index is 12.3. The average molecular weight is 413 g/mol. The molecule has 1 fully saturated rings. The number of likely N-dealkylation sites (tertiary alicyclic amines) is 1. The Morgan fingerprint density at radius 1 is 1.38 bits per heavy atom. The summed E-state index contributed by atoms with van der Waals surface area (Å²) in [5.74, 6) is -0.0434. The third-order valence-corrected chi connectivity index (χ3v) is 4.63. The van der Waals surface area contributed by atoms with Crippen molar-refractivity contribution in [3.63, 3.8) is 0 Å². The number of hydrogen-bond acceptors (Lipinski definition) is 4. The molecular weight excluding hydrogens is 398 g/mol. The monoisotopic (exact) mass is 411 g/mol. The first-order valence-electron chi connectivity index (χ1n) is 7.49. The van der Waals surface area contributed by atoms with E-state index in [9.17, 15) is 9.59 Å². The van der Waals surface area contributed by atoms with E-state index in [4.69, 9.17) is 16.0 Å². The van der Waals surface area contributed by atoms with Gasteiger partial charge >= 0.3 is 0 Å². The summed E-state index contributed by atoms with van der Waals surface area (Å²) in [7, 11) is 0. The van der Waals surface area contributed by atoms with Gasteiger partial charge < -0.3 is 14.6 Å². The van der Waals surface area contributed by atoms with Crippen molar-refractivity contribution in [2.75, 3.05) is 13.1 Å². The molecule has 0 saturated carbocycles. The van der Waals surface area contributed by atoms with E-state index in [0.29, 0.717) is 41.7 Å². The van der Waals surface area contributed by atoms with Gasteiger partial charge in [-0.1, -0.05) is 11.6 Å². The maximum atomic E-state index is 12.3. The number of carbonyl (C=O) groups is 2. The van der Waals surface area contributed by atoms with Crippen LogP contribution in [0.4, 0.5) is 0 Å². The summed E-state index contributed by atoms with van der Waals surface area (Å²) in [6, 6.07) is 4.97. The van der Waals surface area contributed by atoms with Crippen LogP contribution in [0.1, 0.15) is 33.8 Å². The molecule has 2 aromatic rings. The van der Waals surface area contributed by atoms with Gasteiger partial charge in [0.2, 0.25) is 0 Å². The summed E-state index contributed by atoms with van der Waals surface area (Å²) in [6.45, 7) is 1.13. The average Bonchev–Trinajstić information content (AvgIpc) is 3.11. The summed E-state index contributed by atoms with van der Waals surface area (Å²) in [6.07, 6.45) is 4.38. The molecule has 0 radical (unpaired) electrons.